The number of unbranched alkanes of at least 4 members (excludes halogenated alkanes) is 10. The molecule has 2 atom stereocenters. The topological polar surface area (TPSA) is 200 Å². The van der Waals surface area contributed by atoms with Crippen molar-refractivity contribution in [3.63, 3.8) is 0 Å². The molecule has 0 aromatic rings. The third-order valence-corrected chi connectivity index (χ3v) is 9.20. The van der Waals surface area contributed by atoms with Crippen molar-refractivity contribution >= 4 is 43.5 Å². The summed E-state index contributed by atoms with van der Waals surface area (Å²) >= 11 is 1.34. The zero-order valence-electron chi connectivity index (χ0n) is 30.1. The number of hydrogen-bond donors (Lipinski definition) is 6. The summed E-state index contributed by atoms with van der Waals surface area (Å²) in [5, 5.41) is 8.26. The molecule has 0 aliphatic carbocycles. The Morgan fingerprint density at radius 1 is 0.694 bits per heavy atom. The second-order valence-corrected chi connectivity index (χ2v) is 15.2. The fourth-order valence-corrected chi connectivity index (χ4v) is 5.64. The van der Waals surface area contributed by atoms with Crippen LogP contribution in [0.25, 0.3) is 0 Å². The summed E-state index contributed by atoms with van der Waals surface area (Å²) < 4.78 is 26.9. The van der Waals surface area contributed by atoms with Gasteiger partial charge in [-0.25, -0.2) is 9.59 Å². The van der Waals surface area contributed by atoms with E-state index in [1.807, 2.05) is 0 Å². The summed E-state index contributed by atoms with van der Waals surface area (Å²) in [6, 6.07) is -0.787. The van der Waals surface area contributed by atoms with Gasteiger partial charge in [-0.3, -0.25) is 4.79 Å². The van der Waals surface area contributed by atoms with Crippen LogP contribution in [0.15, 0.2) is 0 Å². The minimum atomic E-state index is -3.05. The molecule has 0 fully saturated rings. The summed E-state index contributed by atoms with van der Waals surface area (Å²) in [7, 11) is -3.05. The lowest BCUT2D eigenvalue weighted by Gasteiger charge is -2.19. The predicted octanol–water partition coefficient (Wildman–Crippen LogP) is 4.02. The van der Waals surface area contributed by atoms with Crippen molar-refractivity contribution in [2.75, 3.05) is 83.6 Å². The summed E-state index contributed by atoms with van der Waals surface area (Å²) in [4.78, 5) is 55.5. The van der Waals surface area contributed by atoms with Gasteiger partial charge in [-0.2, -0.15) is 11.8 Å². The number of rotatable bonds is 34. The Balaban J connectivity index is 4.33. The second kappa shape index (κ2) is 33.6. The molecule has 0 aliphatic heterocycles. The molecule has 0 heterocycles. The molecule has 0 saturated heterocycles. The number of ether oxygens (including phenoxy) is 5. The predicted molar refractivity (Wildman–Crippen MR) is 198 cm³/mol. The van der Waals surface area contributed by atoms with Crippen LogP contribution in [-0.2, 0) is 28.5 Å². The third-order valence-electron chi connectivity index (χ3n) is 7.09. The summed E-state index contributed by atoms with van der Waals surface area (Å²) in [6.45, 7) is 7.42. The van der Waals surface area contributed by atoms with E-state index < -0.39 is 31.7 Å². The smallest absolute Gasteiger partial charge is 0.407 e. The minimum Gasteiger partial charge on any atom is -0.446 e. The SMILES string of the molecule is C=P(O)(O)CCOCCOCCOCCNC(=O)[C@@H](N)CSC[C@@H](COC(=O)NCCCCCCCC)OC(=O)NCCCCCCCC. The van der Waals surface area contributed by atoms with Crippen molar-refractivity contribution in [1.82, 2.24) is 16.0 Å². The van der Waals surface area contributed by atoms with E-state index in [0.717, 1.165) is 38.5 Å². The highest BCUT2D eigenvalue weighted by Gasteiger charge is 2.20. The average Bonchev–Trinajstić information content (AvgIpc) is 3.06. The van der Waals surface area contributed by atoms with Crippen LogP contribution in [0.2, 0.25) is 0 Å². The maximum atomic E-state index is 12.4. The van der Waals surface area contributed by atoms with Gasteiger partial charge in [-0.15, -0.1) is 0 Å². The first-order valence-corrected chi connectivity index (χ1v) is 21.2. The van der Waals surface area contributed by atoms with Crippen molar-refractivity contribution in [3.8, 4) is 0 Å². The van der Waals surface area contributed by atoms with Crippen molar-refractivity contribution < 1.29 is 47.9 Å². The first-order valence-electron chi connectivity index (χ1n) is 18.0. The van der Waals surface area contributed by atoms with Gasteiger partial charge < -0.3 is 55.2 Å². The quantitative estimate of drug-likeness (QED) is 0.0410. The Kier molecular flexibility index (Phi) is 32.5. The molecule has 3 amide bonds. The second-order valence-electron chi connectivity index (χ2n) is 11.9. The molecular formula is C33H67N4O10PS. The number of nitrogens with one attached hydrogen (secondary N) is 3. The van der Waals surface area contributed by atoms with Crippen molar-refractivity contribution in [3.05, 3.63) is 0 Å². The molecule has 0 aromatic heterocycles. The highest BCUT2D eigenvalue weighted by atomic mass is 32.2. The van der Waals surface area contributed by atoms with Gasteiger partial charge in [0.1, 0.15) is 20.1 Å². The number of thioether (sulfide) groups is 1. The first-order chi connectivity index (χ1) is 23.6. The standard InChI is InChI=1S/C33H67N4O10PS/c1-4-6-8-10-12-14-16-36-32(39)46-26-29(47-33(40)37-17-15-13-11-9-7-5-2)27-49-28-30(34)31(38)35-18-19-43-20-21-44-22-23-45-24-25-48(3,41)42/h29-30,41-42H,3-28,34H2,1-2H3,(H,35,38)(H,36,39)(H,37,40)/t29-,30+/m1/s1. The molecule has 0 saturated carbocycles. The van der Waals surface area contributed by atoms with Crippen LogP contribution in [0.3, 0.4) is 0 Å². The van der Waals surface area contributed by atoms with E-state index in [0.29, 0.717) is 45.3 Å². The molecule has 7 N–H and O–H groups in total. The van der Waals surface area contributed by atoms with Crippen LogP contribution in [0.1, 0.15) is 90.9 Å². The molecule has 0 rings (SSSR count). The Labute approximate surface area is 299 Å². The maximum Gasteiger partial charge on any atom is 0.407 e. The van der Waals surface area contributed by atoms with Crippen molar-refractivity contribution in [2.45, 2.75) is 103 Å². The lowest BCUT2D eigenvalue weighted by Crippen LogP contribution is -2.43. The van der Waals surface area contributed by atoms with Gasteiger partial charge >= 0.3 is 12.2 Å². The fourth-order valence-electron chi connectivity index (χ4n) is 4.25. The normalized spacial score (nSPS) is 12.7. The van der Waals surface area contributed by atoms with E-state index in [-0.39, 0.29) is 44.2 Å². The van der Waals surface area contributed by atoms with E-state index in [1.54, 1.807) is 0 Å². The van der Waals surface area contributed by atoms with Gasteiger partial charge in [0.2, 0.25) is 5.91 Å². The lowest BCUT2D eigenvalue weighted by molar-refractivity contribution is -0.122. The third kappa shape index (κ3) is 34.6. The Hall–Kier alpha value is -1.58. The molecule has 0 bridgehead atoms. The lowest BCUT2D eigenvalue weighted by atomic mass is 10.1. The fraction of sp³-hybridized carbons (Fsp3) is 0.879. The van der Waals surface area contributed by atoms with Gasteiger partial charge in [0, 0.05) is 37.3 Å². The van der Waals surface area contributed by atoms with Crippen LogP contribution in [-0.4, -0.2) is 130 Å². The maximum absolute atomic E-state index is 12.4. The zero-order chi connectivity index (χ0) is 36.4. The van der Waals surface area contributed by atoms with Gasteiger partial charge in [0.15, 0.2) is 0 Å². The summed E-state index contributed by atoms with van der Waals surface area (Å²) in [5.41, 5.74) is 6.06. The molecular weight excluding hydrogens is 675 g/mol. The van der Waals surface area contributed by atoms with Gasteiger partial charge in [0.25, 0.3) is 0 Å². The number of alkyl carbamates (subject to hydrolysis) is 2. The number of hydrogen-bond acceptors (Lipinski definition) is 12. The Morgan fingerprint density at radius 2 is 1.20 bits per heavy atom. The summed E-state index contributed by atoms with van der Waals surface area (Å²) in [5.74, 6) is 0.245. The van der Waals surface area contributed by atoms with Crippen LogP contribution in [0.5, 0.6) is 0 Å². The molecule has 0 radical (unpaired) electrons. The molecule has 14 nitrogen and oxygen atoms in total. The average molecular weight is 743 g/mol. The highest BCUT2D eigenvalue weighted by Crippen LogP contribution is 2.32. The first kappa shape index (κ1) is 47.4. The largest absolute Gasteiger partial charge is 0.446 e. The number of carbonyl (C=O) groups excluding carboxylic acids is 3. The van der Waals surface area contributed by atoms with E-state index >= 15 is 0 Å². The van der Waals surface area contributed by atoms with Gasteiger partial charge in [-0.1, -0.05) is 84.4 Å². The Morgan fingerprint density at radius 3 is 1.78 bits per heavy atom. The number of amides is 3. The minimum absolute atomic E-state index is 0.110. The molecule has 0 aromatic carbocycles. The molecule has 0 unspecified atom stereocenters. The van der Waals surface area contributed by atoms with Gasteiger partial charge in [0.05, 0.1) is 45.7 Å². The molecule has 16 heteroatoms. The van der Waals surface area contributed by atoms with E-state index in [4.69, 9.17) is 29.4 Å². The molecule has 0 aliphatic rings. The molecule has 0 spiro atoms. The van der Waals surface area contributed by atoms with Crippen molar-refractivity contribution in [1.29, 1.82) is 0 Å². The van der Waals surface area contributed by atoms with E-state index in [9.17, 15) is 24.2 Å². The van der Waals surface area contributed by atoms with E-state index in [2.05, 4.69) is 36.1 Å². The van der Waals surface area contributed by atoms with Crippen LogP contribution in [0.4, 0.5) is 9.59 Å². The van der Waals surface area contributed by atoms with E-state index in [1.165, 1.54) is 50.3 Å². The highest BCUT2D eigenvalue weighted by molar-refractivity contribution is 7.99. The monoisotopic (exact) mass is 742 g/mol. The van der Waals surface area contributed by atoms with Crippen molar-refractivity contribution in [2.24, 2.45) is 5.73 Å². The Bertz CT molecular complexity index is 871. The van der Waals surface area contributed by atoms with Crippen LogP contribution < -0.4 is 21.7 Å². The van der Waals surface area contributed by atoms with Crippen LogP contribution >= 0.6 is 19.1 Å². The van der Waals surface area contributed by atoms with Gasteiger partial charge in [-0.05, 0) is 12.8 Å². The molecule has 49 heavy (non-hydrogen) atoms. The number of nitrogens with two attached hydrogens (primary N) is 1. The number of carbonyl (C=O) groups is 3. The van der Waals surface area contributed by atoms with Crippen LogP contribution in [0, 0.1) is 0 Å². The summed E-state index contributed by atoms with van der Waals surface area (Å²) in [6.07, 6.45) is 14.9. The zero-order valence-corrected chi connectivity index (χ0v) is 31.8. The molecule has 290 valence electrons.